The van der Waals surface area contributed by atoms with Crippen LogP contribution in [0.15, 0.2) is 30.7 Å². The lowest BCUT2D eigenvalue weighted by Crippen LogP contribution is -2.28. The maximum Gasteiger partial charge on any atom is 0.220 e. The van der Waals surface area contributed by atoms with Crippen LogP contribution < -0.4 is 10.6 Å². The summed E-state index contributed by atoms with van der Waals surface area (Å²) in [5, 5.41) is 1.05. The summed E-state index contributed by atoms with van der Waals surface area (Å²) in [5.41, 5.74) is 9.45. The Labute approximate surface area is 135 Å². The molecule has 0 spiro atoms. The summed E-state index contributed by atoms with van der Waals surface area (Å²) >= 11 is 0. The summed E-state index contributed by atoms with van der Waals surface area (Å²) in [5.74, 6) is 0.267. The number of nitrogen functional groups attached to an aromatic ring is 1. The number of H-pyrrole nitrogens is 1. The van der Waals surface area contributed by atoms with Crippen LogP contribution in [0.25, 0.3) is 22.3 Å². The topological polar surface area (TPSA) is 87.0 Å². The second-order valence-corrected chi connectivity index (χ2v) is 5.78. The van der Waals surface area contributed by atoms with Crippen molar-refractivity contribution in [3.63, 3.8) is 0 Å². The van der Waals surface area contributed by atoms with Crippen LogP contribution in [-0.2, 0) is 0 Å². The lowest BCUT2D eigenvalue weighted by molar-refractivity contribution is 0.416. The molecule has 3 heterocycles. The zero-order valence-corrected chi connectivity index (χ0v) is 13.6. The van der Waals surface area contributed by atoms with E-state index in [4.69, 9.17) is 5.73 Å². The molecular formula is C16H21N7. The highest BCUT2D eigenvalue weighted by atomic mass is 15.2. The average Bonchev–Trinajstić information content (AvgIpc) is 2.96. The monoisotopic (exact) mass is 311 g/mol. The molecular weight excluding hydrogens is 290 g/mol. The minimum absolute atomic E-state index is 0.267. The van der Waals surface area contributed by atoms with Crippen molar-refractivity contribution in [3.05, 3.63) is 30.7 Å². The van der Waals surface area contributed by atoms with E-state index in [9.17, 15) is 0 Å². The van der Waals surface area contributed by atoms with Gasteiger partial charge in [-0.1, -0.05) is 0 Å². The quantitative estimate of drug-likeness (QED) is 0.744. The van der Waals surface area contributed by atoms with Gasteiger partial charge in [-0.25, -0.2) is 15.0 Å². The number of fused-ring (bicyclic) bond motifs is 1. The van der Waals surface area contributed by atoms with E-state index in [1.165, 1.54) is 0 Å². The van der Waals surface area contributed by atoms with E-state index < -0.39 is 0 Å². The van der Waals surface area contributed by atoms with E-state index in [0.717, 1.165) is 41.1 Å². The number of rotatable bonds is 5. The number of aromatic amines is 1. The van der Waals surface area contributed by atoms with Gasteiger partial charge in [0.05, 0.1) is 11.1 Å². The van der Waals surface area contributed by atoms with Gasteiger partial charge in [0, 0.05) is 50.0 Å². The number of pyridine rings is 1. The molecule has 3 N–H and O–H groups in total. The van der Waals surface area contributed by atoms with E-state index in [1.54, 1.807) is 6.20 Å². The summed E-state index contributed by atoms with van der Waals surface area (Å²) in [7, 11) is 6.23. The summed E-state index contributed by atoms with van der Waals surface area (Å²) in [6.07, 6.45) is 5.41. The first-order chi connectivity index (χ1) is 11.1. The molecule has 0 aliphatic rings. The molecule has 0 unspecified atom stereocenters. The van der Waals surface area contributed by atoms with Gasteiger partial charge < -0.3 is 20.5 Å². The first-order valence-corrected chi connectivity index (χ1v) is 7.47. The fourth-order valence-corrected chi connectivity index (χ4v) is 2.55. The number of nitrogens with zero attached hydrogens (tertiary/aromatic N) is 5. The van der Waals surface area contributed by atoms with Crippen LogP contribution in [0.2, 0.25) is 0 Å². The minimum atomic E-state index is 0.267. The lowest BCUT2D eigenvalue weighted by Gasteiger charge is -2.22. The Kier molecular flexibility index (Phi) is 4.12. The standard InChI is InChI=1S/C16H21N7/c1-22(2)8-9-23(3)13-5-7-18-15-14(13)11(10-20-15)12-4-6-19-16(17)21-12/h4-7,10H,8-9H2,1-3H3,(H,18,20)(H2,17,19,21). The van der Waals surface area contributed by atoms with Gasteiger partial charge in [0.15, 0.2) is 0 Å². The molecule has 3 rings (SSSR count). The molecule has 0 radical (unpaired) electrons. The molecule has 120 valence electrons. The van der Waals surface area contributed by atoms with Crippen LogP contribution in [0.1, 0.15) is 0 Å². The number of nitrogens with two attached hydrogens (primary N) is 1. The fraction of sp³-hybridized carbons (Fsp3) is 0.312. The van der Waals surface area contributed by atoms with Crippen LogP contribution in [0.3, 0.4) is 0 Å². The molecule has 0 aliphatic heterocycles. The summed E-state index contributed by atoms with van der Waals surface area (Å²) < 4.78 is 0. The van der Waals surface area contributed by atoms with Gasteiger partial charge in [0.1, 0.15) is 5.65 Å². The van der Waals surface area contributed by atoms with Gasteiger partial charge in [-0.15, -0.1) is 0 Å². The first kappa shape index (κ1) is 15.2. The lowest BCUT2D eigenvalue weighted by atomic mass is 10.1. The Morgan fingerprint density at radius 1 is 1.09 bits per heavy atom. The Morgan fingerprint density at radius 2 is 1.87 bits per heavy atom. The number of hydrogen-bond donors (Lipinski definition) is 2. The van der Waals surface area contributed by atoms with Crippen molar-refractivity contribution in [2.45, 2.75) is 0 Å². The van der Waals surface area contributed by atoms with Gasteiger partial charge in [-0.05, 0) is 26.2 Å². The maximum absolute atomic E-state index is 5.72. The van der Waals surface area contributed by atoms with Crippen molar-refractivity contribution in [3.8, 4) is 11.3 Å². The Hall–Kier alpha value is -2.67. The van der Waals surface area contributed by atoms with Crippen LogP contribution in [0, 0.1) is 0 Å². The molecule has 3 aromatic heterocycles. The van der Waals surface area contributed by atoms with Crippen LogP contribution in [-0.4, -0.2) is 59.1 Å². The maximum atomic E-state index is 5.72. The van der Waals surface area contributed by atoms with Crippen molar-refractivity contribution >= 4 is 22.7 Å². The van der Waals surface area contributed by atoms with Crippen LogP contribution >= 0.6 is 0 Å². The summed E-state index contributed by atoms with van der Waals surface area (Å²) in [6, 6.07) is 3.88. The minimum Gasteiger partial charge on any atom is -0.373 e. The highest BCUT2D eigenvalue weighted by molar-refractivity contribution is 6.01. The Bertz CT molecular complexity index is 809. The van der Waals surface area contributed by atoms with Gasteiger partial charge in [0.25, 0.3) is 0 Å². The smallest absolute Gasteiger partial charge is 0.220 e. The van der Waals surface area contributed by atoms with E-state index in [1.807, 2.05) is 24.5 Å². The van der Waals surface area contributed by atoms with Crippen molar-refractivity contribution in [2.24, 2.45) is 0 Å². The third-order valence-corrected chi connectivity index (χ3v) is 3.80. The summed E-state index contributed by atoms with van der Waals surface area (Å²) in [4.78, 5) is 20.3. The molecule has 0 aliphatic carbocycles. The Balaban J connectivity index is 2.07. The van der Waals surface area contributed by atoms with E-state index in [2.05, 4.69) is 50.9 Å². The molecule has 0 atom stereocenters. The Morgan fingerprint density at radius 3 is 2.61 bits per heavy atom. The molecule has 0 fully saturated rings. The highest BCUT2D eigenvalue weighted by Gasteiger charge is 2.15. The van der Waals surface area contributed by atoms with Gasteiger partial charge in [0.2, 0.25) is 5.95 Å². The average molecular weight is 311 g/mol. The van der Waals surface area contributed by atoms with Gasteiger partial charge in [-0.2, -0.15) is 0 Å². The number of hydrogen-bond acceptors (Lipinski definition) is 6. The molecule has 0 aromatic carbocycles. The molecule has 3 aromatic rings. The van der Waals surface area contributed by atoms with E-state index >= 15 is 0 Å². The third-order valence-electron chi connectivity index (χ3n) is 3.80. The number of anilines is 2. The second-order valence-electron chi connectivity index (χ2n) is 5.78. The zero-order valence-electron chi connectivity index (χ0n) is 13.6. The summed E-state index contributed by atoms with van der Waals surface area (Å²) in [6.45, 7) is 1.89. The predicted octanol–water partition coefficient (Wildman–Crippen LogP) is 1.60. The molecule has 0 saturated carbocycles. The largest absolute Gasteiger partial charge is 0.373 e. The third kappa shape index (κ3) is 3.09. The number of aromatic nitrogens is 4. The fourth-order valence-electron chi connectivity index (χ4n) is 2.55. The van der Waals surface area contributed by atoms with Crippen molar-refractivity contribution in [1.82, 2.24) is 24.8 Å². The molecule has 0 bridgehead atoms. The van der Waals surface area contributed by atoms with Crippen molar-refractivity contribution < 1.29 is 0 Å². The van der Waals surface area contributed by atoms with Crippen molar-refractivity contribution in [2.75, 3.05) is 44.9 Å². The first-order valence-electron chi connectivity index (χ1n) is 7.47. The number of likely N-dealkylation sites (N-methyl/N-ethyl adjacent to an activating group) is 2. The van der Waals surface area contributed by atoms with Crippen LogP contribution in [0.5, 0.6) is 0 Å². The van der Waals surface area contributed by atoms with Gasteiger partial charge in [-0.3, -0.25) is 0 Å². The molecule has 0 amide bonds. The normalized spacial score (nSPS) is 11.3. The predicted molar refractivity (Wildman–Crippen MR) is 93.4 cm³/mol. The van der Waals surface area contributed by atoms with Crippen LogP contribution in [0.4, 0.5) is 11.6 Å². The second kappa shape index (κ2) is 6.21. The van der Waals surface area contributed by atoms with E-state index in [-0.39, 0.29) is 5.95 Å². The van der Waals surface area contributed by atoms with E-state index in [0.29, 0.717) is 0 Å². The molecule has 7 heteroatoms. The van der Waals surface area contributed by atoms with Gasteiger partial charge >= 0.3 is 0 Å². The number of nitrogens with one attached hydrogen (secondary N) is 1. The SMILES string of the molecule is CN(C)CCN(C)c1ccnc2[nH]cc(-c3ccnc(N)n3)c12. The molecule has 7 nitrogen and oxygen atoms in total. The molecule has 0 saturated heterocycles. The zero-order chi connectivity index (χ0) is 16.4. The molecule has 23 heavy (non-hydrogen) atoms. The van der Waals surface area contributed by atoms with Crippen molar-refractivity contribution in [1.29, 1.82) is 0 Å². The highest BCUT2D eigenvalue weighted by Crippen LogP contribution is 2.33.